The van der Waals surface area contributed by atoms with E-state index in [0.717, 1.165) is 16.9 Å². The molecule has 0 bridgehead atoms. The number of hydrogen-bond acceptors (Lipinski definition) is 4. The van der Waals surface area contributed by atoms with E-state index in [1.807, 2.05) is 35.9 Å². The Kier molecular flexibility index (Phi) is 5.20. The molecular formula is C22H24N4O3. The van der Waals surface area contributed by atoms with Crippen LogP contribution >= 0.6 is 0 Å². The lowest BCUT2D eigenvalue weighted by Gasteiger charge is -2.30. The second-order valence-corrected chi connectivity index (χ2v) is 7.44. The van der Waals surface area contributed by atoms with Crippen LogP contribution in [0.25, 0.3) is 5.65 Å². The number of benzene rings is 1. The van der Waals surface area contributed by atoms with Gasteiger partial charge in [-0.2, -0.15) is 0 Å². The van der Waals surface area contributed by atoms with Crippen molar-refractivity contribution in [2.24, 2.45) is 11.7 Å². The molecule has 3 heterocycles. The fourth-order valence-corrected chi connectivity index (χ4v) is 3.67. The molecule has 0 saturated carbocycles. The number of rotatable bonds is 5. The van der Waals surface area contributed by atoms with Crippen LogP contribution in [0.3, 0.4) is 0 Å². The van der Waals surface area contributed by atoms with Gasteiger partial charge >= 0.3 is 0 Å². The van der Waals surface area contributed by atoms with E-state index >= 15 is 0 Å². The molecular weight excluding hydrogens is 368 g/mol. The monoisotopic (exact) mass is 392 g/mol. The second-order valence-electron chi connectivity index (χ2n) is 7.44. The van der Waals surface area contributed by atoms with E-state index in [1.165, 1.54) is 0 Å². The third-order valence-electron chi connectivity index (χ3n) is 5.40. The molecule has 0 radical (unpaired) electrons. The highest BCUT2D eigenvalue weighted by molar-refractivity contribution is 5.94. The molecule has 1 aliphatic heterocycles. The maximum atomic E-state index is 12.7. The molecule has 7 nitrogen and oxygen atoms in total. The van der Waals surface area contributed by atoms with Crippen LogP contribution < -0.4 is 10.5 Å². The fourth-order valence-electron chi connectivity index (χ4n) is 3.67. The van der Waals surface area contributed by atoms with Crippen molar-refractivity contribution < 1.29 is 14.3 Å². The molecule has 2 amide bonds. The van der Waals surface area contributed by atoms with Gasteiger partial charge in [0.05, 0.1) is 5.69 Å². The Morgan fingerprint density at radius 3 is 2.55 bits per heavy atom. The SMILES string of the molecule is Cc1cccn2cc(COc3ccc(C(=O)N4CCC(C(N)=O)CC4)cc3)nc12. The van der Waals surface area contributed by atoms with Gasteiger partial charge in [0.15, 0.2) is 0 Å². The van der Waals surface area contributed by atoms with Crippen molar-refractivity contribution in [3.8, 4) is 5.75 Å². The van der Waals surface area contributed by atoms with Gasteiger partial charge < -0.3 is 19.8 Å². The van der Waals surface area contributed by atoms with E-state index in [-0.39, 0.29) is 17.7 Å². The number of amides is 2. The maximum Gasteiger partial charge on any atom is 0.253 e. The van der Waals surface area contributed by atoms with Crippen molar-refractivity contribution in [2.75, 3.05) is 13.1 Å². The molecule has 2 N–H and O–H groups in total. The van der Waals surface area contributed by atoms with Crippen molar-refractivity contribution in [1.82, 2.24) is 14.3 Å². The topological polar surface area (TPSA) is 89.9 Å². The van der Waals surface area contributed by atoms with Crippen molar-refractivity contribution in [3.63, 3.8) is 0 Å². The third-order valence-corrected chi connectivity index (χ3v) is 5.40. The van der Waals surface area contributed by atoms with Gasteiger partial charge in [-0.1, -0.05) is 6.07 Å². The highest BCUT2D eigenvalue weighted by atomic mass is 16.5. The molecule has 0 spiro atoms. The minimum atomic E-state index is -0.278. The van der Waals surface area contributed by atoms with Gasteiger partial charge in [-0.15, -0.1) is 0 Å². The number of likely N-dealkylation sites (tertiary alicyclic amines) is 1. The van der Waals surface area contributed by atoms with E-state index < -0.39 is 0 Å². The van der Waals surface area contributed by atoms with E-state index in [0.29, 0.717) is 43.9 Å². The standard InChI is InChI=1S/C22H24N4O3/c1-15-3-2-10-26-13-18(24-21(15)26)14-29-19-6-4-17(5-7-19)22(28)25-11-8-16(9-12-25)20(23)27/h2-7,10,13,16H,8-9,11-12,14H2,1H3,(H2,23,27). The van der Waals surface area contributed by atoms with Gasteiger partial charge in [0.1, 0.15) is 18.0 Å². The van der Waals surface area contributed by atoms with Crippen LogP contribution in [-0.4, -0.2) is 39.2 Å². The molecule has 7 heteroatoms. The summed E-state index contributed by atoms with van der Waals surface area (Å²) in [6.45, 7) is 3.49. The number of pyridine rings is 1. The summed E-state index contributed by atoms with van der Waals surface area (Å²) in [6, 6.07) is 11.1. The zero-order valence-electron chi connectivity index (χ0n) is 16.4. The lowest BCUT2D eigenvalue weighted by Crippen LogP contribution is -2.41. The molecule has 0 unspecified atom stereocenters. The van der Waals surface area contributed by atoms with Crippen LogP contribution in [-0.2, 0) is 11.4 Å². The Morgan fingerprint density at radius 2 is 1.90 bits per heavy atom. The first kappa shape index (κ1) is 19.0. The molecule has 1 aliphatic rings. The van der Waals surface area contributed by atoms with Gasteiger partial charge in [0.25, 0.3) is 5.91 Å². The molecule has 1 aromatic carbocycles. The predicted octanol–water partition coefficient (Wildman–Crippen LogP) is 2.56. The minimum Gasteiger partial charge on any atom is -0.487 e. The normalized spacial score (nSPS) is 14.9. The highest BCUT2D eigenvalue weighted by Crippen LogP contribution is 2.20. The lowest BCUT2D eigenvalue weighted by molar-refractivity contribution is -0.123. The van der Waals surface area contributed by atoms with Crippen LogP contribution in [0.15, 0.2) is 48.8 Å². The summed E-state index contributed by atoms with van der Waals surface area (Å²) in [5.74, 6) is 0.246. The molecule has 150 valence electrons. The summed E-state index contributed by atoms with van der Waals surface area (Å²) in [4.78, 5) is 30.3. The summed E-state index contributed by atoms with van der Waals surface area (Å²) < 4.78 is 7.81. The van der Waals surface area contributed by atoms with E-state index in [4.69, 9.17) is 10.5 Å². The van der Waals surface area contributed by atoms with Crippen LogP contribution in [0.5, 0.6) is 5.75 Å². The molecule has 1 fully saturated rings. The molecule has 4 rings (SSSR count). The smallest absolute Gasteiger partial charge is 0.253 e. The number of aryl methyl sites for hydroxylation is 1. The van der Waals surface area contributed by atoms with Gasteiger partial charge in [-0.05, 0) is 55.7 Å². The van der Waals surface area contributed by atoms with Gasteiger partial charge in [0.2, 0.25) is 5.91 Å². The number of aromatic nitrogens is 2. The summed E-state index contributed by atoms with van der Waals surface area (Å²) in [7, 11) is 0. The number of fused-ring (bicyclic) bond motifs is 1. The molecule has 2 aromatic heterocycles. The van der Waals surface area contributed by atoms with Gasteiger partial charge in [0, 0.05) is 37.0 Å². The first-order valence-corrected chi connectivity index (χ1v) is 9.76. The van der Waals surface area contributed by atoms with Crippen molar-refractivity contribution in [1.29, 1.82) is 0 Å². The highest BCUT2D eigenvalue weighted by Gasteiger charge is 2.26. The first-order chi connectivity index (χ1) is 14.0. The predicted molar refractivity (Wildman–Crippen MR) is 109 cm³/mol. The number of nitrogens with two attached hydrogens (primary N) is 1. The van der Waals surface area contributed by atoms with Crippen molar-refractivity contribution in [2.45, 2.75) is 26.4 Å². The molecule has 0 aliphatic carbocycles. The molecule has 0 atom stereocenters. The van der Waals surface area contributed by atoms with Crippen LogP contribution in [0.1, 0.15) is 34.5 Å². The largest absolute Gasteiger partial charge is 0.487 e. The summed E-state index contributed by atoms with van der Waals surface area (Å²) in [5, 5.41) is 0. The van der Waals surface area contributed by atoms with E-state index in [9.17, 15) is 9.59 Å². The third kappa shape index (κ3) is 4.08. The van der Waals surface area contributed by atoms with Crippen LogP contribution in [0, 0.1) is 12.8 Å². The van der Waals surface area contributed by atoms with Gasteiger partial charge in [-0.3, -0.25) is 9.59 Å². The first-order valence-electron chi connectivity index (χ1n) is 9.76. The zero-order valence-corrected chi connectivity index (χ0v) is 16.4. The number of primary amides is 1. The molecule has 3 aromatic rings. The van der Waals surface area contributed by atoms with E-state index in [1.54, 1.807) is 29.2 Å². The minimum absolute atomic E-state index is 0.0321. The van der Waals surface area contributed by atoms with Crippen LogP contribution in [0.2, 0.25) is 0 Å². The summed E-state index contributed by atoms with van der Waals surface area (Å²) >= 11 is 0. The quantitative estimate of drug-likeness (QED) is 0.723. The van der Waals surface area contributed by atoms with Crippen molar-refractivity contribution >= 4 is 17.5 Å². The summed E-state index contributed by atoms with van der Waals surface area (Å²) in [6.07, 6.45) is 5.17. The number of ether oxygens (including phenoxy) is 1. The van der Waals surface area contributed by atoms with Gasteiger partial charge in [-0.25, -0.2) is 4.98 Å². The average molecular weight is 392 g/mol. The van der Waals surface area contributed by atoms with Crippen LogP contribution in [0.4, 0.5) is 0 Å². The fraction of sp³-hybridized carbons (Fsp3) is 0.318. The Morgan fingerprint density at radius 1 is 1.17 bits per heavy atom. The number of hydrogen-bond donors (Lipinski definition) is 1. The Labute approximate surface area is 169 Å². The van der Waals surface area contributed by atoms with E-state index in [2.05, 4.69) is 4.98 Å². The molecule has 1 saturated heterocycles. The van der Waals surface area contributed by atoms with Crippen molar-refractivity contribution in [3.05, 3.63) is 65.6 Å². The Hall–Kier alpha value is -3.35. The Balaban J connectivity index is 1.35. The average Bonchev–Trinajstić information content (AvgIpc) is 3.17. The number of carbonyl (C=O) groups excluding carboxylic acids is 2. The number of imidazole rings is 1. The maximum absolute atomic E-state index is 12.7. The lowest BCUT2D eigenvalue weighted by atomic mass is 9.96. The molecule has 29 heavy (non-hydrogen) atoms. The Bertz CT molecular complexity index is 1030. The summed E-state index contributed by atoms with van der Waals surface area (Å²) in [5.41, 5.74) is 8.84. The second kappa shape index (κ2) is 7.95. The number of nitrogens with zero attached hydrogens (tertiary/aromatic N) is 3. The zero-order chi connectivity index (χ0) is 20.4. The number of piperidine rings is 1. The number of carbonyl (C=O) groups is 2.